The molecule has 0 bridgehead atoms. The minimum Gasteiger partial charge on any atom is -0.171 e. The maximum atomic E-state index is 12.8. The summed E-state index contributed by atoms with van der Waals surface area (Å²) in [4.78, 5) is 0. The van der Waals surface area contributed by atoms with Gasteiger partial charge < -0.3 is 0 Å². The maximum absolute atomic E-state index is 12.8. The number of rotatable bonds is 2. The van der Waals surface area contributed by atoms with Gasteiger partial charge in [-0.05, 0) is 49.4 Å². The number of hydrogen-bond donors (Lipinski definition) is 0. The van der Waals surface area contributed by atoms with E-state index in [4.69, 9.17) is 0 Å². The van der Waals surface area contributed by atoms with Crippen LogP contribution in [0.4, 0.5) is 13.2 Å². The van der Waals surface area contributed by atoms with Crippen molar-refractivity contribution in [1.29, 1.82) is 0 Å². The summed E-state index contributed by atoms with van der Waals surface area (Å²) in [6.07, 6.45) is -4.14. The standard InChI is InChI=1S/C14H19F3/c1-9-6-12(7-10(2)11(9)3)8-13(4,5)14(15,16)17/h6-7H,8H2,1-5H3. The van der Waals surface area contributed by atoms with Crippen molar-refractivity contribution in [1.82, 2.24) is 0 Å². The molecule has 3 heteroatoms. The summed E-state index contributed by atoms with van der Waals surface area (Å²) in [7, 11) is 0. The lowest BCUT2D eigenvalue weighted by atomic mass is 9.83. The Balaban J connectivity index is 3.05. The molecule has 0 saturated heterocycles. The molecule has 0 unspecified atom stereocenters. The first-order valence-electron chi connectivity index (χ1n) is 5.68. The van der Waals surface area contributed by atoms with Crippen LogP contribution in [-0.4, -0.2) is 6.18 Å². The Bertz CT molecular complexity index is 391. The van der Waals surface area contributed by atoms with E-state index < -0.39 is 11.6 Å². The van der Waals surface area contributed by atoms with Crippen LogP contribution >= 0.6 is 0 Å². The molecule has 0 amide bonds. The largest absolute Gasteiger partial charge is 0.394 e. The molecule has 1 aromatic carbocycles. The van der Waals surface area contributed by atoms with Gasteiger partial charge in [-0.15, -0.1) is 0 Å². The fourth-order valence-corrected chi connectivity index (χ4v) is 1.84. The maximum Gasteiger partial charge on any atom is 0.394 e. The monoisotopic (exact) mass is 244 g/mol. The van der Waals surface area contributed by atoms with Crippen molar-refractivity contribution < 1.29 is 13.2 Å². The van der Waals surface area contributed by atoms with Crippen LogP contribution < -0.4 is 0 Å². The van der Waals surface area contributed by atoms with Crippen molar-refractivity contribution in [2.45, 2.75) is 47.2 Å². The van der Waals surface area contributed by atoms with Crippen molar-refractivity contribution in [3.05, 3.63) is 34.4 Å². The number of alkyl halides is 3. The molecule has 0 aliphatic heterocycles. The quantitative estimate of drug-likeness (QED) is 0.704. The lowest BCUT2D eigenvalue weighted by Crippen LogP contribution is -2.34. The van der Waals surface area contributed by atoms with Gasteiger partial charge in [-0.3, -0.25) is 0 Å². The number of hydrogen-bond acceptors (Lipinski definition) is 0. The molecule has 0 N–H and O–H groups in total. The molecule has 0 radical (unpaired) electrons. The first-order valence-corrected chi connectivity index (χ1v) is 5.68. The average molecular weight is 244 g/mol. The Morgan fingerprint density at radius 1 is 0.941 bits per heavy atom. The van der Waals surface area contributed by atoms with E-state index in [1.807, 2.05) is 32.9 Å². The van der Waals surface area contributed by atoms with Crippen LogP contribution in [0.1, 0.15) is 36.1 Å². The number of benzene rings is 1. The molecule has 0 aromatic heterocycles. The van der Waals surface area contributed by atoms with Crippen LogP contribution in [0.2, 0.25) is 0 Å². The highest BCUT2D eigenvalue weighted by Crippen LogP contribution is 2.40. The third kappa shape index (κ3) is 3.02. The molecule has 0 atom stereocenters. The molecule has 0 aliphatic rings. The molecule has 0 heterocycles. The van der Waals surface area contributed by atoms with Gasteiger partial charge >= 0.3 is 6.18 Å². The molecular weight excluding hydrogens is 225 g/mol. The normalized spacial score (nSPS) is 12.9. The van der Waals surface area contributed by atoms with Gasteiger partial charge in [0.05, 0.1) is 5.41 Å². The molecule has 0 spiro atoms. The van der Waals surface area contributed by atoms with Gasteiger partial charge in [0, 0.05) is 0 Å². The summed E-state index contributed by atoms with van der Waals surface area (Å²) >= 11 is 0. The summed E-state index contributed by atoms with van der Waals surface area (Å²) in [5, 5.41) is 0. The highest BCUT2D eigenvalue weighted by atomic mass is 19.4. The summed E-state index contributed by atoms with van der Waals surface area (Å²) < 4.78 is 38.4. The van der Waals surface area contributed by atoms with E-state index in [0.717, 1.165) is 22.3 Å². The van der Waals surface area contributed by atoms with Crippen LogP contribution in [0.3, 0.4) is 0 Å². The molecule has 1 aromatic rings. The first kappa shape index (κ1) is 14.1. The van der Waals surface area contributed by atoms with Crippen LogP contribution in [0.15, 0.2) is 12.1 Å². The Kier molecular flexibility index (Phi) is 3.60. The fraction of sp³-hybridized carbons (Fsp3) is 0.571. The van der Waals surface area contributed by atoms with Crippen LogP contribution in [0.5, 0.6) is 0 Å². The Labute approximate surface area is 101 Å². The van der Waals surface area contributed by atoms with Crippen molar-refractivity contribution in [3.63, 3.8) is 0 Å². The Morgan fingerprint density at radius 2 is 1.35 bits per heavy atom. The summed E-state index contributed by atoms with van der Waals surface area (Å²) in [5.74, 6) is 0. The average Bonchev–Trinajstić information content (AvgIpc) is 2.11. The lowest BCUT2D eigenvalue weighted by molar-refractivity contribution is -0.211. The predicted octanol–water partition coefficient (Wildman–Crippen LogP) is 4.74. The SMILES string of the molecule is Cc1cc(CC(C)(C)C(F)(F)F)cc(C)c1C. The van der Waals surface area contributed by atoms with Crippen molar-refractivity contribution in [2.24, 2.45) is 5.41 Å². The van der Waals surface area contributed by atoms with Crippen molar-refractivity contribution in [2.75, 3.05) is 0 Å². The van der Waals surface area contributed by atoms with E-state index >= 15 is 0 Å². The topological polar surface area (TPSA) is 0 Å². The highest BCUT2D eigenvalue weighted by Gasteiger charge is 2.46. The van der Waals surface area contributed by atoms with E-state index in [1.165, 1.54) is 13.8 Å². The predicted molar refractivity (Wildman–Crippen MR) is 64.2 cm³/mol. The zero-order valence-electron chi connectivity index (χ0n) is 11.0. The van der Waals surface area contributed by atoms with Gasteiger partial charge in [0.25, 0.3) is 0 Å². The van der Waals surface area contributed by atoms with E-state index in [-0.39, 0.29) is 6.42 Å². The summed E-state index contributed by atoms with van der Waals surface area (Å²) in [6, 6.07) is 3.71. The zero-order valence-corrected chi connectivity index (χ0v) is 11.0. The van der Waals surface area contributed by atoms with Gasteiger partial charge in [0.15, 0.2) is 0 Å². The molecule has 0 saturated carbocycles. The van der Waals surface area contributed by atoms with E-state index in [1.54, 1.807) is 0 Å². The van der Waals surface area contributed by atoms with Crippen molar-refractivity contribution >= 4 is 0 Å². The van der Waals surface area contributed by atoms with Gasteiger partial charge in [-0.25, -0.2) is 0 Å². The van der Waals surface area contributed by atoms with Crippen LogP contribution in [0.25, 0.3) is 0 Å². The summed E-state index contributed by atoms with van der Waals surface area (Å²) in [5.41, 5.74) is 2.34. The third-order valence-electron chi connectivity index (χ3n) is 3.40. The smallest absolute Gasteiger partial charge is 0.171 e. The second-order valence-electron chi connectivity index (χ2n) is 5.41. The number of aryl methyl sites for hydroxylation is 2. The van der Waals surface area contributed by atoms with E-state index in [2.05, 4.69) is 0 Å². The van der Waals surface area contributed by atoms with Gasteiger partial charge in [0.1, 0.15) is 0 Å². The highest BCUT2D eigenvalue weighted by molar-refractivity contribution is 5.37. The fourth-order valence-electron chi connectivity index (χ4n) is 1.84. The molecule has 0 fully saturated rings. The zero-order chi connectivity index (χ0) is 13.4. The second kappa shape index (κ2) is 4.35. The van der Waals surface area contributed by atoms with Crippen LogP contribution in [0, 0.1) is 26.2 Å². The second-order valence-corrected chi connectivity index (χ2v) is 5.41. The van der Waals surface area contributed by atoms with Crippen molar-refractivity contribution in [3.8, 4) is 0 Å². The molecule has 0 nitrogen and oxygen atoms in total. The first-order chi connectivity index (χ1) is 7.54. The van der Waals surface area contributed by atoms with E-state index in [9.17, 15) is 13.2 Å². The van der Waals surface area contributed by atoms with E-state index in [0.29, 0.717) is 0 Å². The van der Waals surface area contributed by atoms with Gasteiger partial charge in [-0.1, -0.05) is 26.0 Å². The Morgan fingerprint density at radius 3 is 1.71 bits per heavy atom. The van der Waals surface area contributed by atoms with Gasteiger partial charge in [0.2, 0.25) is 0 Å². The minimum absolute atomic E-state index is 0.0262. The Hall–Kier alpha value is -0.990. The molecule has 96 valence electrons. The molecule has 17 heavy (non-hydrogen) atoms. The lowest BCUT2D eigenvalue weighted by Gasteiger charge is -2.28. The summed E-state index contributed by atoms with van der Waals surface area (Å²) in [6.45, 7) is 8.36. The molecule has 1 rings (SSSR count). The molecular formula is C14H19F3. The van der Waals surface area contributed by atoms with Crippen LogP contribution in [-0.2, 0) is 6.42 Å². The minimum atomic E-state index is -4.17. The number of halogens is 3. The molecule has 0 aliphatic carbocycles. The van der Waals surface area contributed by atoms with Gasteiger partial charge in [-0.2, -0.15) is 13.2 Å². The third-order valence-corrected chi connectivity index (χ3v) is 3.40.